The summed E-state index contributed by atoms with van der Waals surface area (Å²) in [6.07, 6.45) is 0. The normalized spacial score (nSPS) is 12.2. The lowest BCUT2D eigenvalue weighted by Crippen LogP contribution is -2.58. The van der Waals surface area contributed by atoms with E-state index in [1.165, 1.54) is 26.0 Å². The molecule has 1 aromatic carbocycles. The van der Waals surface area contributed by atoms with Crippen molar-refractivity contribution in [1.82, 2.24) is 5.32 Å². The maximum atomic E-state index is 12.4. The molecule has 1 unspecified atom stereocenters. The minimum atomic E-state index is -1.74. The van der Waals surface area contributed by atoms with Crippen LogP contribution in [0.2, 0.25) is 0 Å². The number of rotatable bonds is 7. The molecule has 0 bridgehead atoms. The van der Waals surface area contributed by atoms with Crippen LogP contribution in [0.25, 0.3) is 0 Å². The number of methoxy groups -OCH3 is 1. The van der Waals surface area contributed by atoms with Crippen molar-refractivity contribution >= 4 is 11.9 Å². The number of ether oxygens (including phenoxy) is 2. The molecule has 8 heteroatoms. The highest BCUT2D eigenvalue weighted by Crippen LogP contribution is 2.17. The second-order valence-corrected chi connectivity index (χ2v) is 7.71. The molecular weight excluding hydrogens is 364 g/mol. The van der Waals surface area contributed by atoms with Crippen molar-refractivity contribution in [3.63, 3.8) is 0 Å². The maximum Gasteiger partial charge on any atom is 0.335 e. The molecule has 152 valence electrons. The third-order valence-corrected chi connectivity index (χ3v) is 3.78. The number of hydrogen-bond acceptors (Lipinski definition) is 6. The minimum Gasteiger partial charge on any atom is -0.481 e. The van der Waals surface area contributed by atoms with E-state index in [0.717, 1.165) is 7.11 Å². The second kappa shape index (κ2) is 9.22. The van der Waals surface area contributed by atoms with Gasteiger partial charge in [0, 0.05) is 29.7 Å². The van der Waals surface area contributed by atoms with Crippen LogP contribution >= 0.6 is 0 Å². The van der Waals surface area contributed by atoms with E-state index in [0.29, 0.717) is 5.75 Å². The molecule has 0 heterocycles. The summed E-state index contributed by atoms with van der Waals surface area (Å²) in [7, 11) is 1.10. The molecule has 1 atom stereocenters. The van der Waals surface area contributed by atoms with Crippen molar-refractivity contribution in [2.45, 2.75) is 46.2 Å². The van der Waals surface area contributed by atoms with E-state index < -0.39 is 28.4 Å². The van der Waals surface area contributed by atoms with Crippen LogP contribution in [0.1, 0.15) is 45.0 Å². The number of amides is 1. The average molecular weight is 390 g/mol. The van der Waals surface area contributed by atoms with Crippen LogP contribution in [0.5, 0.6) is 5.75 Å². The second-order valence-electron chi connectivity index (χ2n) is 7.71. The lowest BCUT2D eigenvalue weighted by molar-refractivity contribution is -0.562. The number of benzene rings is 1. The van der Waals surface area contributed by atoms with Gasteiger partial charge >= 0.3 is 5.97 Å². The molecule has 0 aromatic heterocycles. The Bertz CT molecular complexity index is 782. The number of hydrogen-bond donors (Lipinski definition) is 1. The van der Waals surface area contributed by atoms with E-state index in [-0.39, 0.29) is 17.6 Å². The van der Waals surface area contributed by atoms with Crippen LogP contribution in [0.15, 0.2) is 24.3 Å². The molecule has 0 spiro atoms. The van der Waals surface area contributed by atoms with Gasteiger partial charge < -0.3 is 14.8 Å². The Balaban J connectivity index is 2.84. The zero-order valence-electron chi connectivity index (χ0n) is 17.0. The van der Waals surface area contributed by atoms with E-state index in [9.17, 15) is 19.7 Å². The van der Waals surface area contributed by atoms with Gasteiger partial charge in [-0.2, -0.15) is 0 Å². The first-order valence-corrected chi connectivity index (χ1v) is 8.64. The maximum absolute atomic E-state index is 12.4. The first-order valence-electron chi connectivity index (χ1n) is 8.64. The molecule has 0 saturated carbocycles. The van der Waals surface area contributed by atoms with Gasteiger partial charge in [-0.15, -0.1) is 0 Å². The van der Waals surface area contributed by atoms with Crippen molar-refractivity contribution < 1.29 is 24.0 Å². The van der Waals surface area contributed by atoms with Crippen LogP contribution in [-0.4, -0.2) is 42.1 Å². The predicted molar refractivity (Wildman–Crippen MR) is 104 cm³/mol. The molecule has 1 N–H and O–H groups in total. The smallest absolute Gasteiger partial charge is 0.335 e. The molecule has 0 saturated heterocycles. The van der Waals surface area contributed by atoms with E-state index in [2.05, 4.69) is 21.9 Å². The Morgan fingerprint density at radius 3 is 2.21 bits per heavy atom. The van der Waals surface area contributed by atoms with Crippen molar-refractivity contribution in [2.75, 3.05) is 13.7 Å². The molecule has 0 aliphatic carbocycles. The van der Waals surface area contributed by atoms with Crippen molar-refractivity contribution in [3.05, 3.63) is 39.9 Å². The van der Waals surface area contributed by atoms with Crippen molar-refractivity contribution in [2.24, 2.45) is 5.41 Å². The third kappa shape index (κ3) is 6.58. The summed E-state index contributed by atoms with van der Waals surface area (Å²) in [5.41, 5.74) is -1.63. The lowest BCUT2D eigenvalue weighted by atomic mass is 9.95. The Kier molecular flexibility index (Phi) is 7.56. The molecule has 0 aliphatic rings. The van der Waals surface area contributed by atoms with Gasteiger partial charge in [0.1, 0.15) is 12.4 Å². The average Bonchev–Trinajstić information content (AvgIpc) is 2.61. The zero-order chi connectivity index (χ0) is 21.5. The first kappa shape index (κ1) is 23.0. The van der Waals surface area contributed by atoms with Gasteiger partial charge in [0.15, 0.2) is 6.04 Å². The van der Waals surface area contributed by atoms with Crippen LogP contribution < -0.4 is 10.1 Å². The highest BCUT2D eigenvalue weighted by molar-refractivity contribution is 5.97. The SMILES string of the molecule is COC(=O)C(NC(=O)c1ccc(OCC#CC(C)(C)C)cc1)C(C)(C)[N+](=O)[O-]. The number of nitro groups is 1. The summed E-state index contributed by atoms with van der Waals surface area (Å²) >= 11 is 0. The monoisotopic (exact) mass is 390 g/mol. The van der Waals surface area contributed by atoms with Crippen LogP contribution in [0.4, 0.5) is 0 Å². The summed E-state index contributed by atoms with van der Waals surface area (Å²) < 4.78 is 10.1. The molecule has 0 aliphatic heterocycles. The fourth-order valence-corrected chi connectivity index (χ4v) is 2.08. The minimum absolute atomic E-state index is 0.112. The van der Waals surface area contributed by atoms with Gasteiger partial charge in [0.2, 0.25) is 5.54 Å². The highest BCUT2D eigenvalue weighted by Gasteiger charge is 2.47. The summed E-state index contributed by atoms with van der Waals surface area (Å²) in [5, 5.41) is 13.6. The molecule has 28 heavy (non-hydrogen) atoms. The van der Waals surface area contributed by atoms with E-state index in [1.54, 1.807) is 12.1 Å². The van der Waals surface area contributed by atoms with Gasteiger partial charge in [0.25, 0.3) is 5.91 Å². The fraction of sp³-hybridized carbons (Fsp3) is 0.500. The van der Waals surface area contributed by atoms with E-state index in [1.807, 2.05) is 20.8 Å². The van der Waals surface area contributed by atoms with E-state index >= 15 is 0 Å². The molecule has 8 nitrogen and oxygen atoms in total. The summed E-state index contributed by atoms with van der Waals surface area (Å²) in [6, 6.07) is 4.72. The Labute approximate surface area is 164 Å². The number of carbonyl (C=O) groups is 2. The summed E-state index contributed by atoms with van der Waals surface area (Å²) in [4.78, 5) is 35.0. The molecular formula is C20H26N2O6. The van der Waals surface area contributed by atoms with Gasteiger partial charge in [-0.25, -0.2) is 4.79 Å². The zero-order valence-corrected chi connectivity index (χ0v) is 17.0. The van der Waals surface area contributed by atoms with Crippen molar-refractivity contribution in [3.8, 4) is 17.6 Å². The van der Waals surface area contributed by atoms with Crippen LogP contribution in [-0.2, 0) is 9.53 Å². The van der Waals surface area contributed by atoms with Gasteiger partial charge in [0.05, 0.1) is 7.11 Å². The van der Waals surface area contributed by atoms with Crippen molar-refractivity contribution in [1.29, 1.82) is 0 Å². The van der Waals surface area contributed by atoms with Gasteiger partial charge in [-0.3, -0.25) is 14.9 Å². The topological polar surface area (TPSA) is 108 Å². The predicted octanol–water partition coefficient (Wildman–Crippen LogP) is 2.44. The largest absolute Gasteiger partial charge is 0.481 e. The molecule has 0 radical (unpaired) electrons. The highest BCUT2D eigenvalue weighted by atomic mass is 16.6. The third-order valence-electron chi connectivity index (χ3n) is 3.78. The van der Waals surface area contributed by atoms with Crippen LogP contribution in [0, 0.1) is 27.4 Å². The quantitative estimate of drug-likeness (QED) is 0.332. The Morgan fingerprint density at radius 1 is 1.18 bits per heavy atom. The fourth-order valence-electron chi connectivity index (χ4n) is 2.08. The Hall–Kier alpha value is -3.08. The number of nitrogens with one attached hydrogen (secondary N) is 1. The number of nitrogens with zero attached hydrogens (tertiary/aromatic N) is 1. The van der Waals surface area contributed by atoms with Crippen LogP contribution in [0.3, 0.4) is 0 Å². The number of esters is 1. The summed E-state index contributed by atoms with van der Waals surface area (Å²) in [6.45, 7) is 8.68. The molecule has 1 rings (SSSR count). The molecule has 0 fully saturated rings. The standard InChI is InChI=1S/C20H26N2O6/c1-19(2,3)12-7-13-28-15-10-8-14(9-11-15)17(23)21-16(18(24)27-6)20(4,5)22(25)26/h8-11,16H,13H2,1-6H3,(H,21,23). The first-order chi connectivity index (χ1) is 12.9. The lowest BCUT2D eigenvalue weighted by Gasteiger charge is -2.25. The molecule has 1 aromatic rings. The molecule has 1 amide bonds. The number of carbonyl (C=O) groups excluding carboxylic acids is 2. The van der Waals surface area contributed by atoms with Gasteiger partial charge in [-0.05, 0) is 45.0 Å². The van der Waals surface area contributed by atoms with E-state index in [4.69, 9.17) is 4.74 Å². The summed E-state index contributed by atoms with van der Waals surface area (Å²) in [5.74, 6) is 4.95. The van der Waals surface area contributed by atoms with Gasteiger partial charge in [-0.1, -0.05) is 11.8 Å². The Morgan fingerprint density at radius 2 is 1.75 bits per heavy atom.